The van der Waals surface area contributed by atoms with Gasteiger partial charge in [0.1, 0.15) is 5.60 Å². The fraction of sp³-hybridized carbons (Fsp3) is 0.483. The maximum atomic E-state index is 13.3. The van der Waals surface area contributed by atoms with Gasteiger partial charge in [-0.25, -0.2) is 0 Å². The zero-order chi connectivity index (χ0) is 25.8. The van der Waals surface area contributed by atoms with E-state index >= 15 is 0 Å². The summed E-state index contributed by atoms with van der Waals surface area (Å²) < 4.78 is 31.6. The number of phenols is 1. The number of rotatable bonds is 6. The first-order valence-corrected chi connectivity index (χ1v) is 14.1. The van der Waals surface area contributed by atoms with Crippen molar-refractivity contribution >= 4 is 17.1 Å². The molecule has 196 valence electrons. The van der Waals surface area contributed by atoms with Gasteiger partial charge in [-0.2, -0.15) is 4.21 Å². The van der Waals surface area contributed by atoms with E-state index in [1.807, 2.05) is 13.0 Å². The summed E-state index contributed by atoms with van der Waals surface area (Å²) in [6.07, 6.45) is 5.63. The van der Waals surface area contributed by atoms with Crippen LogP contribution in [0.25, 0.3) is 0 Å². The largest absolute Gasteiger partial charge is 0.504 e. The van der Waals surface area contributed by atoms with E-state index in [0.717, 1.165) is 18.4 Å². The summed E-state index contributed by atoms with van der Waals surface area (Å²) in [5.74, 6) is 0.0624. The van der Waals surface area contributed by atoms with Gasteiger partial charge in [0.15, 0.2) is 23.4 Å². The maximum Gasteiger partial charge on any atom is 0.305 e. The van der Waals surface area contributed by atoms with Gasteiger partial charge in [0, 0.05) is 23.9 Å². The van der Waals surface area contributed by atoms with E-state index in [1.54, 1.807) is 12.1 Å². The monoisotopic (exact) mass is 523 g/mol. The van der Waals surface area contributed by atoms with Gasteiger partial charge in [-0.05, 0) is 55.7 Å². The van der Waals surface area contributed by atoms with Crippen molar-refractivity contribution < 1.29 is 27.2 Å². The summed E-state index contributed by atoms with van der Waals surface area (Å²) in [6.45, 7) is 2.26. The van der Waals surface area contributed by atoms with Crippen molar-refractivity contribution in [2.75, 3.05) is 6.61 Å². The van der Waals surface area contributed by atoms with Crippen molar-refractivity contribution in [2.24, 2.45) is 11.7 Å². The van der Waals surface area contributed by atoms with Crippen molar-refractivity contribution in [2.45, 2.75) is 75.0 Å². The van der Waals surface area contributed by atoms with Crippen LogP contribution in [0.3, 0.4) is 0 Å². The van der Waals surface area contributed by atoms with E-state index in [2.05, 4.69) is 30.3 Å². The first-order chi connectivity index (χ1) is 17.9. The minimum Gasteiger partial charge on any atom is -0.504 e. The molecule has 6 atom stereocenters. The number of hydrogen-bond acceptors (Lipinski definition) is 7. The Morgan fingerprint density at radius 3 is 2.81 bits per heavy atom. The van der Waals surface area contributed by atoms with Gasteiger partial charge in [-0.15, -0.1) is 0 Å². The van der Waals surface area contributed by atoms with Gasteiger partial charge in [-0.1, -0.05) is 55.0 Å². The number of carbonyl (C=O) groups is 1. The number of para-hydroxylation sites is 1. The van der Waals surface area contributed by atoms with Crippen LogP contribution in [-0.4, -0.2) is 39.5 Å². The highest BCUT2D eigenvalue weighted by Crippen LogP contribution is 2.64. The number of carbonyl (C=O) groups excluding carboxylic acids is 1. The summed E-state index contributed by atoms with van der Waals surface area (Å²) in [5.41, 5.74) is 9.28. The molecule has 6 unspecified atom stereocenters. The molecule has 2 aromatic carbocycles. The molecule has 37 heavy (non-hydrogen) atoms. The van der Waals surface area contributed by atoms with Crippen molar-refractivity contribution in [3.05, 3.63) is 70.8 Å². The fourth-order valence-electron chi connectivity index (χ4n) is 7.18. The van der Waals surface area contributed by atoms with Gasteiger partial charge in [0.25, 0.3) is 0 Å². The maximum absolute atomic E-state index is 13.3. The Balaban J connectivity index is 1.24. The first kappa shape index (κ1) is 24.8. The smallest absolute Gasteiger partial charge is 0.305 e. The standard InChI is InChI=1S/C29H33NO6S/c1-18-23(30)11-14-28-22-7-4-8-24(31)26(22)35-27(28)25(32)12-15-29(18,28)36-37(33)34-16-13-19-9-10-20-5-2-3-6-21(20)17-19/h2-9,18,23,27,31H,10-17,30H2,1H3. The molecule has 7 nitrogen and oxygen atoms in total. The lowest BCUT2D eigenvalue weighted by Crippen LogP contribution is -2.71. The Kier molecular flexibility index (Phi) is 6.26. The number of allylic oxidation sites excluding steroid dienone is 1. The first-order valence-electron chi connectivity index (χ1n) is 13.1. The number of ether oxygens (including phenoxy) is 1. The minimum atomic E-state index is -2.05. The second kappa shape index (κ2) is 9.34. The molecule has 2 saturated carbocycles. The molecule has 3 aliphatic carbocycles. The van der Waals surface area contributed by atoms with Crippen molar-refractivity contribution in [3.8, 4) is 11.5 Å². The number of fused-ring (bicyclic) bond motifs is 2. The molecule has 2 fully saturated rings. The number of hydrogen-bond donors (Lipinski definition) is 2. The second-order valence-electron chi connectivity index (χ2n) is 10.8. The molecule has 1 spiro atoms. The summed E-state index contributed by atoms with van der Waals surface area (Å²) >= 11 is -2.05. The van der Waals surface area contributed by atoms with Gasteiger partial charge >= 0.3 is 11.4 Å². The summed E-state index contributed by atoms with van der Waals surface area (Å²) in [7, 11) is 0. The van der Waals surface area contributed by atoms with Crippen LogP contribution in [0.15, 0.2) is 54.1 Å². The van der Waals surface area contributed by atoms with E-state index in [-0.39, 0.29) is 36.5 Å². The zero-order valence-electron chi connectivity index (χ0n) is 21.0. The quantitative estimate of drug-likeness (QED) is 0.552. The van der Waals surface area contributed by atoms with E-state index in [9.17, 15) is 14.1 Å². The average molecular weight is 524 g/mol. The number of phenolic OH excluding ortho intramolecular Hbond substituents is 1. The lowest BCUT2D eigenvalue weighted by Gasteiger charge is -2.58. The Morgan fingerprint density at radius 1 is 1.16 bits per heavy atom. The van der Waals surface area contributed by atoms with Gasteiger partial charge in [0.05, 0.1) is 12.0 Å². The molecule has 0 saturated heterocycles. The summed E-state index contributed by atoms with van der Waals surface area (Å²) in [4.78, 5) is 13.1. The fourth-order valence-corrected chi connectivity index (χ4v) is 8.08. The molecule has 4 aliphatic rings. The molecular weight excluding hydrogens is 490 g/mol. The normalized spacial score (nSPS) is 32.9. The van der Waals surface area contributed by atoms with Crippen LogP contribution < -0.4 is 10.5 Å². The lowest BCUT2D eigenvalue weighted by molar-refractivity contribution is -0.163. The molecule has 2 aromatic rings. The lowest BCUT2D eigenvalue weighted by atomic mass is 9.49. The van der Waals surface area contributed by atoms with Crippen LogP contribution in [-0.2, 0) is 42.8 Å². The predicted octanol–water partition coefficient (Wildman–Crippen LogP) is 3.98. The Hall–Kier alpha value is -2.52. The van der Waals surface area contributed by atoms with Crippen LogP contribution in [0.2, 0.25) is 0 Å². The number of ketones is 1. The molecule has 6 rings (SSSR count). The van der Waals surface area contributed by atoms with Gasteiger partial charge in [-0.3, -0.25) is 13.2 Å². The average Bonchev–Trinajstić information content (AvgIpc) is 3.25. The van der Waals surface area contributed by atoms with Crippen LogP contribution in [0.5, 0.6) is 11.5 Å². The van der Waals surface area contributed by atoms with Crippen LogP contribution in [0.1, 0.15) is 55.7 Å². The third-order valence-electron chi connectivity index (χ3n) is 9.16. The zero-order valence-corrected chi connectivity index (χ0v) is 21.8. The van der Waals surface area contributed by atoms with Crippen LogP contribution in [0, 0.1) is 5.92 Å². The number of benzene rings is 2. The Labute approximate surface area is 219 Å². The molecule has 3 N–H and O–H groups in total. The summed E-state index contributed by atoms with van der Waals surface area (Å²) in [5, 5.41) is 10.5. The third kappa shape index (κ3) is 3.80. The van der Waals surface area contributed by atoms with E-state index in [4.69, 9.17) is 18.8 Å². The Morgan fingerprint density at radius 2 is 1.97 bits per heavy atom. The molecule has 0 bridgehead atoms. The molecule has 0 amide bonds. The highest BCUT2D eigenvalue weighted by molar-refractivity contribution is 7.75. The van der Waals surface area contributed by atoms with Gasteiger partial charge < -0.3 is 15.6 Å². The Bertz CT molecular complexity index is 1290. The van der Waals surface area contributed by atoms with E-state index in [1.165, 1.54) is 16.7 Å². The molecule has 0 radical (unpaired) electrons. The minimum absolute atomic E-state index is 0.00907. The van der Waals surface area contributed by atoms with E-state index < -0.39 is 28.5 Å². The number of aromatic hydroxyl groups is 1. The molecule has 0 aromatic heterocycles. The highest BCUT2D eigenvalue weighted by Gasteiger charge is 2.72. The van der Waals surface area contributed by atoms with Crippen LogP contribution in [0.4, 0.5) is 0 Å². The predicted molar refractivity (Wildman–Crippen MR) is 139 cm³/mol. The number of Topliss-reactive ketones (excluding diaryl/α,β-unsaturated/α-hetero) is 1. The molecular formula is C29H33NO6S. The van der Waals surface area contributed by atoms with Gasteiger partial charge in [0.2, 0.25) is 0 Å². The van der Waals surface area contributed by atoms with Crippen molar-refractivity contribution in [1.82, 2.24) is 0 Å². The van der Waals surface area contributed by atoms with E-state index in [0.29, 0.717) is 31.4 Å². The number of nitrogens with two attached hydrogens (primary N) is 1. The second-order valence-corrected chi connectivity index (χ2v) is 11.7. The molecule has 1 heterocycles. The topological polar surface area (TPSA) is 108 Å². The summed E-state index contributed by atoms with van der Waals surface area (Å²) in [6, 6.07) is 13.4. The SMILES string of the molecule is CC1C(N)CCC23c4cccc(O)c4OC2C(=O)CCC13OS(=O)OCCC1=CCc2ccccc2C1. The van der Waals surface area contributed by atoms with Crippen molar-refractivity contribution in [1.29, 1.82) is 0 Å². The highest BCUT2D eigenvalue weighted by atomic mass is 32.2. The third-order valence-corrected chi connectivity index (χ3v) is 9.96. The molecule has 1 aliphatic heterocycles. The van der Waals surface area contributed by atoms with Crippen LogP contribution >= 0.6 is 0 Å². The molecule has 8 heteroatoms. The van der Waals surface area contributed by atoms with Crippen molar-refractivity contribution in [3.63, 3.8) is 0 Å².